The van der Waals surface area contributed by atoms with E-state index in [0.717, 1.165) is 0 Å². The van der Waals surface area contributed by atoms with Crippen LogP contribution < -0.4 is 10.0 Å². The van der Waals surface area contributed by atoms with Crippen molar-refractivity contribution < 1.29 is 21.6 Å². The van der Waals surface area contributed by atoms with Crippen LogP contribution >= 0.6 is 0 Å². The molecule has 0 saturated carbocycles. The Labute approximate surface area is 129 Å². The van der Waals surface area contributed by atoms with E-state index in [1.807, 2.05) is 0 Å². The molecule has 1 amide bonds. The highest BCUT2D eigenvalue weighted by atomic mass is 32.2. The second kappa shape index (κ2) is 5.32. The van der Waals surface area contributed by atoms with Gasteiger partial charge in [0.2, 0.25) is 15.9 Å². The number of sulfone groups is 1. The van der Waals surface area contributed by atoms with Gasteiger partial charge in [-0.1, -0.05) is 0 Å². The van der Waals surface area contributed by atoms with Crippen LogP contribution in [-0.4, -0.2) is 40.8 Å². The zero-order chi connectivity index (χ0) is 16.0. The summed E-state index contributed by atoms with van der Waals surface area (Å²) < 4.78 is 49.7. The number of amides is 1. The summed E-state index contributed by atoms with van der Waals surface area (Å²) in [6, 6.07) is 4.47. The van der Waals surface area contributed by atoms with Crippen molar-refractivity contribution in [3.63, 3.8) is 0 Å². The number of hydrogen-bond donors (Lipinski definition) is 2. The predicted molar refractivity (Wildman–Crippen MR) is 80.7 cm³/mol. The summed E-state index contributed by atoms with van der Waals surface area (Å²) in [5.41, 5.74) is 1.28. The molecular formula is C13H16N2O5S2. The van der Waals surface area contributed by atoms with Gasteiger partial charge in [-0.3, -0.25) is 4.79 Å². The second-order valence-electron chi connectivity index (χ2n) is 5.66. The molecule has 3 rings (SSSR count). The smallest absolute Gasteiger partial charge is 0.240 e. The molecule has 1 unspecified atom stereocenters. The zero-order valence-electron chi connectivity index (χ0n) is 11.7. The molecule has 1 fully saturated rings. The van der Waals surface area contributed by atoms with Crippen molar-refractivity contribution in [3.05, 3.63) is 23.8 Å². The molecule has 22 heavy (non-hydrogen) atoms. The van der Waals surface area contributed by atoms with Gasteiger partial charge in [-0.05, 0) is 36.1 Å². The Morgan fingerprint density at radius 3 is 2.77 bits per heavy atom. The molecule has 0 radical (unpaired) electrons. The maximum atomic E-state index is 12.3. The largest absolute Gasteiger partial charge is 0.326 e. The lowest BCUT2D eigenvalue weighted by molar-refractivity contribution is -0.115. The van der Waals surface area contributed by atoms with Crippen LogP contribution in [0.4, 0.5) is 5.69 Å². The highest BCUT2D eigenvalue weighted by Gasteiger charge is 2.29. The lowest BCUT2D eigenvalue weighted by Gasteiger charge is -2.11. The number of carbonyl (C=O) groups excluding carboxylic acids is 1. The summed E-state index contributed by atoms with van der Waals surface area (Å²) >= 11 is 0. The quantitative estimate of drug-likeness (QED) is 0.792. The molecule has 0 aliphatic carbocycles. The second-order valence-corrected chi connectivity index (χ2v) is 9.66. The molecule has 1 aromatic rings. The van der Waals surface area contributed by atoms with Crippen molar-refractivity contribution in [1.29, 1.82) is 0 Å². The van der Waals surface area contributed by atoms with Gasteiger partial charge in [0.15, 0.2) is 9.84 Å². The number of anilines is 1. The standard InChI is InChI=1S/C13H16N2O5S2/c16-13-6-10-5-11(1-2-12(10)15-13)22(19,20)14-7-9-3-4-21(17,18)8-9/h1-2,5,9,14H,3-4,6-8H2,(H,15,16). The van der Waals surface area contributed by atoms with Crippen LogP contribution in [0.2, 0.25) is 0 Å². The molecule has 0 aromatic heterocycles. The molecule has 2 aliphatic heterocycles. The van der Waals surface area contributed by atoms with Crippen molar-refractivity contribution in [3.8, 4) is 0 Å². The van der Waals surface area contributed by atoms with Crippen LogP contribution in [-0.2, 0) is 31.1 Å². The Morgan fingerprint density at radius 1 is 1.32 bits per heavy atom. The third-order valence-corrected chi connectivity index (χ3v) is 7.16. The Balaban J connectivity index is 1.71. The average Bonchev–Trinajstić information content (AvgIpc) is 2.96. The van der Waals surface area contributed by atoms with E-state index in [1.165, 1.54) is 12.1 Å². The van der Waals surface area contributed by atoms with Crippen LogP contribution in [0.15, 0.2) is 23.1 Å². The van der Waals surface area contributed by atoms with E-state index in [1.54, 1.807) is 6.07 Å². The summed E-state index contributed by atoms with van der Waals surface area (Å²) in [6.45, 7) is 0.107. The van der Waals surface area contributed by atoms with Gasteiger partial charge >= 0.3 is 0 Å². The van der Waals surface area contributed by atoms with Gasteiger partial charge in [0.25, 0.3) is 0 Å². The molecule has 9 heteroatoms. The van der Waals surface area contributed by atoms with Crippen LogP contribution in [0.3, 0.4) is 0 Å². The van der Waals surface area contributed by atoms with E-state index in [-0.39, 0.29) is 41.2 Å². The van der Waals surface area contributed by atoms with Gasteiger partial charge in [0.05, 0.1) is 22.8 Å². The molecular weight excluding hydrogens is 328 g/mol. The Morgan fingerprint density at radius 2 is 2.09 bits per heavy atom. The van der Waals surface area contributed by atoms with Crippen molar-refractivity contribution >= 4 is 31.5 Å². The first-order valence-corrected chi connectivity index (χ1v) is 10.2. The van der Waals surface area contributed by atoms with E-state index >= 15 is 0 Å². The van der Waals surface area contributed by atoms with Gasteiger partial charge in [0, 0.05) is 12.2 Å². The van der Waals surface area contributed by atoms with Gasteiger partial charge in [-0.25, -0.2) is 21.6 Å². The highest BCUT2D eigenvalue weighted by molar-refractivity contribution is 7.91. The Hall–Kier alpha value is -1.45. The maximum absolute atomic E-state index is 12.3. The average molecular weight is 344 g/mol. The fourth-order valence-corrected chi connectivity index (χ4v) is 5.74. The Kier molecular flexibility index (Phi) is 3.74. The van der Waals surface area contributed by atoms with Crippen molar-refractivity contribution in [2.45, 2.75) is 17.7 Å². The molecule has 1 aromatic carbocycles. The third-order valence-electron chi connectivity index (χ3n) is 3.90. The minimum Gasteiger partial charge on any atom is -0.326 e. The lowest BCUT2D eigenvalue weighted by Crippen LogP contribution is -2.30. The van der Waals surface area contributed by atoms with Gasteiger partial charge < -0.3 is 5.32 Å². The third kappa shape index (κ3) is 3.16. The monoisotopic (exact) mass is 344 g/mol. The van der Waals surface area contributed by atoms with E-state index in [0.29, 0.717) is 17.7 Å². The highest BCUT2D eigenvalue weighted by Crippen LogP contribution is 2.26. The SMILES string of the molecule is O=C1Cc2cc(S(=O)(=O)NCC3CCS(=O)(=O)C3)ccc2N1. The fraction of sp³-hybridized carbons (Fsp3) is 0.462. The molecule has 1 atom stereocenters. The number of sulfonamides is 1. The summed E-state index contributed by atoms with van der Waals surface area (Å²) in [6.07, 6.45) is 0.646. The minimum atomic E-state index is -3.71. The first-order valence-electron chi connectivity index (χ1n) is 6.88. The molecule has 2 N–H and O–H groups in total. The number of rotatable bonds is 4. The number of carbonyl (C=O) groups is 1. The summed E-state index contributed by atoms with van der Waals surface area (Å²) in [5.74, 6) is -0.199. The van der Waals surface area contributed by atoms with E-state index in [9.17, 15) is 21.6 Å². The van der Waals surface area contributed by atoms with Crippen LogP contribution in [0, 0.1) is 5.92 Å². The topological polar surface area (TPSA) is 109 Å². The number of fused-ring (bicyclic) bond motifs is 1. The van der Waals surface area contributed by atoms with E-state index in [4.69, 9.17) is 0 Å². The van der Waals surface area contributed by atoms with Crippen molar-refractivity contribution in [2.75, 3.05) is 23.4 Å². The summed E-state index contributed by atoms with van der Waals surface area (Å²) in [7, 11) is -6.73. The zero-order valence-corrected chi connectivity index (χ0v) is 13.3. The van der Waals surface area contributed by atoms with Crippen molar-refractivity contribution in [2.24, 2.45) is 5.92 Å². The van der Waals surface area contributed by atoms with E-state index < -0.39 is 19.9 Å². The Bertz CT molecular complexity index is 830. The molecule has 2 heterocycles. The predicted octanol–water partition coefficient (Wildman–Crippen LogP) is -0.106. The fourth-order valence-electron chi connectivity index (χ4n) is 2.72. The maximum Gasteiger partial charge on any atom is 0.240 e. The normalized spacial score (nSPS) is 23.3. The molecule has 120 valence electrons. The minimum absolute atomic E-state index is 0.0259. The number of nitrogens with one attached hydrogen (secondary N) is 2. The number of hydrogen-bond acceptors (Lipinski definition) is 5. The molecule has 7 nitrogen and oxygen atoms in total. The molecule has 1 saturated heterocycles. The number of benzene rings is 1. The van der Waals surface area contributed by atoms with Gasteiger partial charge in [-0.15, -0.1) is 0 Å². The summed E-state index contributed by atoms with van der Waals surface area (Å²) in [4.78, 5) is 11.4. The van der Waals surface area contributed by atoms with E-state index in [2.05, 4.69) is 10.0 Å². The molecule has 0 spiro atoms. The molecule has 0 bridgehead atoms. The van der Waals surface area contributed by atoms with Gasteiger partial charge in [-0.2, -0.15) is 0 Å². The van der Waals surface area contributed by atoms with Gasteiger partial charge in [0.1, 0.15) is 0 Å². The van der Waals surface area contributed by atoms with Crippen LogP contribution in [0.5, 0.6) is 0 Å². The van der Waals surface area contributed by atoms with Crippen molar-refractivity contribution in [1.82, 2.24) is 4.72 Å². The van der Waals surface area contributed by atoms with Crippen LogP contribution in [0.25, 0.3) is 0 Å². The molecule has 2 aliphatic rings. The first kappa shape index (κ1) is 15.4. The summed E-state index contributed by atoms with van der Waals surface area (Å²) in [5, 5.41) is 2.64. The van der Waals surface area contributed by atoms with Crippen LogP contribution in [0.1, 0.15) is 12.0 Å². The first-order chi connectivity index (χ1) is 10.3. The lowest BCUT2D eigenvalue weighted by atomic mass is 10.1.